The van der Waals surface area contributed by atoms with E-state index in [0.29, 0.717) is 0 Å². The Morgan fingerprint density at radius 3 is 2.07 bits per heavy atom. The molecule has 0 saturated carbocycles. The normalized spacial score (nSPS) is 11.6. The van der Waals surface area contributed by atoms with Gasteiger partial charge in [0.05, 0.1) is 0 Å². The van der Waals surface area contributed by atoms with Crippen LogP contribution >= 0.6 is 15.9 Å². The van der Waals surface area contributed by atoms with E-state index in [9.17, 15) is 0 Å². The minimum Gasteiger partial charge on any atom is -0.300 e. The highest BCUT2D eigenvalue weighted by molar-refractivity contribution is 9.09. The number of hydrogen-bond donors (Lipinski definition) is 0. The molecule has 0 aromatic carbocycles. The van der Waals surface area contributed by atoms with Crippen LogP contribution in [0, 0.1) is 0 Å². The molecule has 0 aromatic heterocycles. The first kappa shape index (κ1) is 15.4. The van der Waals surface area contributed by atoms with Crippen molar-refractivity contribution in [3.05, 3.63) is 0 Å². The van der Waals surface area contributed by atoms with E-state index in [4.69, 9.17) is 0 Å². The first-order valence-corrected chi connectivity index (χ1v) is 7.72. The Labute approximate surface area is 105 Å². The molecule has 0 fully saturated rings. The van der Waals surface area contributed by atoms with E-state index in [2.05, 4.69) is 41.6 Å². The summed E-state index contributed by atoms with van der Waals surface area (Å²) < 4.78 is 0. The quantitative estimate of drug-likeness (QED) is 0.421. The van der Waals surface area contributed by atoms with Crippen molar-refractivity contribution >= 4 is 15.9 Å². The topological polar surface area (TPSA) is 3.24 Å². The standard InChI is InChI=1S/C13H28BrN/c1-4-7-8-9-11-15(12-10-14)13(5-2)6-3/h13H,4-12H2,1-3H3. The zero-order valence-electron chi connectivity index (χ0n) is 10.8. The molecule has 1 nitrogen and oxygen atoms in total. The van der Waals surface area contributed by atoms with Gasteiger partial charge in [-0.15, -0.1) is 0 Å². The Bertz CT molecular complexity index is 124. The SMILES string of the molecule is CCCCCCN(CCBr)C(CC)CC. The molecule has 0 unspecified atom stereocenters. The van der Waals surface area contributed by atoms with Crippen molar-refractivity contribution in [3.63, 3.8) is 0 Å². The monoisotopic (exact) mass is 277 g/mol. The molecule has 0 saturated heterocycles. The third-order valence-electron chi connectivity index (χ3n) is 3.13. The molecule has 0 atom stereocenters. The van der Waals surface area contributed by atoms with Crippen molar-refractivity contribution in [2.45, 2.75) is 65.3 Å². The number of nitrogens with zero attached hydrogens (tertiary/aromatic N) is 1. The zero-order valence-corrected chi connectivity index (χ0v) is 12.4. The summed E-state index contributed by atoms with van der Waals surface area (Å²) in [5.41, 5.74) is 0. The first-order valence-electron chi connectivity index (χ1n) is 6.60. The van der Waals surface area contributed by atoms with Crippen molar-refractivity contribution in [3.8, 4) is 0 Å². The van der Waals surface area contributed by atoms with Gasteiger partial charge in [0.25, 0.3) is 0 Å². The average molecular weight is 278 g/mol. The molecule has 0 aliphatic rings. The van der Waals surface area contributed by atoms with Crippen LogP contribution in [0.15, 0.2) is 0 Å². The molecule has 0 radical (unpaired) electrons. The second-order valence-electron chi connectivity index (χ2n) is 4.26. The van der Waals surface area contributed by atoms with Crippen molar-refractivity contribution in [1.82, 2.24) is 4.90 Å². The van der Waals surface area contributed by atoms with E-state index in [1.807, 2.05) is 0 Å². The van der Waals surface area contributed by atoms with Crippen molar-refractivity contribution < 1.29 is 0 Å². The Kier molecular flexibility index (Phi) is 11.3. The second kappa shape index (κ2) is 10.9. The molecule has 0 rings (SSSR count). The highest BCUT2D eigenvalue weighted by Crippen LogP contribution is 2.11. The molecule has 92 valence electrons. The number of halogens is 1. The molecule has 0 aromatic rings. The molecular formula is C13H28BrN. The van der Waals surface area contributed by atoms with Crippen LogP contribution in [0.25, 0.3) is 0 Å². The largest absolute Gasteiger partial charge is 0.300 e. The van der Waals surface area contributed by atoms with Gasteiger partial charge < -0.3 is 0 Å². The van der Waals surface area contributed by atoms with Crippen molar-refractivity contribution in [2.24, 2.45) is 0 Å². The van der Waals surface area contributed by atoms with Crippen LogP contribution in [-0.4, -0.2) is 29.4 Å². The van der Waals surface area contributed by atoms with E-state index >= 15 is 0 Å². The summed E-state index contributed by atoms with van der Waals surface area (Å²) in [7, 11) is 0. The van der Waals surface area contributed by atoms with Gasteiger partial charge in [-0.3, -0.25) is 4.90 Å². The van der Waals surface area contributed by atoms with E-state index < -0.39 is 0 Å². The maximum atomic E-state index is 3.56. The van der Waals surface area contributed by atoms with E-state index in [-0.39, 0.29) is 0 Å². The lowest BCUT2D eigenvalue weighted by molar-refractivity contribution is 0.193. The van der Waals surface area contributed by atoms with Gasteiger partial charge in [0, 0.05) is 17.9 Å². The van der Waals surface area contributed by atoms with Gasteiger partial charge in [-0.25, -0.2) is 0 Å². The van der Waals surface area contributed by atoms with Crippen LogP contribution in [0.4, 0.5) is 0 Å². The fourth-order valence-corrected chi connectivity index (χ4v) is 2.59. The summed E-state index contributed by atoms with van der Waals surface area (Å²) in [6.45, 7) is 9.39. The Morgan fingerprint density at radius 1 is 0.933 bits per heavy atom. The Hall–Kier alpha value is 0.440. The molecule has 15 heavy (non-hydrogen) atoms. The van der Waals surface area contributed by atoms with Gasteiger partial charge in [0.1, 0.15) is 0 Å². The van der Waals surface area contributed by atoms with Crippen LogP contribution in [0.2, 0.25) is 0 Å². The first-order chi connectivity index (χ1) is 7.29. The van der Waals surface area contributed by atoms with Gasteiger partial charge in [-0.05, 0) is 25.8 Å². The second-order valence-corrected chi connectivity index (χ2v) is 5.05. The summed E-state index contributed by atoms with van der Waals surface area (Å²) in [4.78, 5) is 2.66. The van der Waals surface area contributed by atoms with Crippen LogP contribution < -0.4 is 0 Å². The molecule has 0 heterocycles. The average Bonchev–Trinajstić information content (AvgIpc) is 2.26. The van der Waals surface area contributed by atoms with Gasteiger partial charge in [0.15, 0.2) is 0 Å². The number of alkyl halides is 1. The van der Waals surface area contributed by atoms with Crippen LogP contribution in [-0.2, 0) is 0 Å². The molecular weight excluding hydrogens is 250 g/mol. The maximum absolute atomic E-state index is 3.56. The predicted molar refractivity (Wildman–Crippen MR) is 73.9 cm³/mol. The molecule has 0 spiro atoms. The third-order valence-corrected chi connectivity index (χ3v) is 3.48. The Morgan fingerprint density at radius 2 is 1.60 bits per heavy atom. The lowest BCUT2D eigenvalue weighted by Crippen LogP contribution is -2.36. The molecule has 0 aliphatic heterocycles. The lowest BCUT2D eigenvalue weighted by Gasteiger charge is -2.29. The lowest BCUT2D eigenvalue weighted by atomic mass is 10.1. The summed E-state index contributed by atoms with van der Waals surface area (Å²) in [6, 6.07) is 0.796. The molecule has 0 aliphatic carbocycles. The Balaban J connectivity index is 3.80. The highest BCUT2D eigenvalue weighted by atomic mass is 79.9. The number of rotatable bonds is 10. The third kappa shape index (κ3) is 7.35. The summed E-state index contributed by atoms with van der Waals surface area (Å²) in [5, 5.41) is 1.11. The fourth-order valence-electron chi connectivity index (χ4n) is 2.13. The van der Waals surface area contributed by atoms with Gasteiger partial charge in [-0.2, -0.15) is 0 Å². The van der Waals surface area contributed by atoms with Crippen LogP contribution in [0.1, 0.15) is 59.3 Å². The molecule has 2 heteroatoms. The van der Waals surface area contributed by atoms with Gasteiger partial charge in [0.2, 0.25) is 0 Å². The number of hydrogen-bond acceptors (Lipinski definition) is 1. The molecule has 0 bridgehead atoms. The highest BCUT2D eigenvalue weighted by Gasteiger charge is 2.13. The van der Waals surface area contributed by atoms with Crippen molar-refractivity contribution in [2.75, 3.05) is 18.4 Å². The fraction of sp³-hybridized carbons (Fsp3) is 1.00. The minimum atomic E-state index is 0.796. The molecule has 0 amide bonds. The smallest absolute Gasteiger partial charge is 0.0159 e. The van der Waals surface area contributed by atoms with E-state index in [0.717, 1.165) is 11.4 Å². The van der Waals surface area contributed by atoms with Gasteiger partial charge in [-0.1, -0.05) is 56.0 Å². The molecule has 0 N–H and O–H groups in total. The summed E-state index contributed by atoms with van der Waals surface area (Å²) in [5.74, 6) is 0. The summed E-state index contributed by atoms with van der Waals surface area (Å²) >= 11 is 3.56. The minimum absolute atomic E-state index is 0.796. The van der Waals surface area contributed by atoms with Crippen LogP contribution in [0.3, 0.4) is 0 Å². The summed E-state index contributed by atoms with van der Waals surface area (Å²) in [6.07, 6.45) is 8.08. The maximum Gasteiger partial charge on any atom is 0.0159 e. The van der Waals surface area contributed by atoms with E-state index in [1.54, 1.807) is 0 Å². The van der Waals surface area contributed by atoms with Crippen molar-refractivity contribution in [1.29, 1.82) is 0 Å². The zero-order chi connectivity index (χ0) is 11.5. The van der Waals surface area contributed by atoms with Crippen LogP contribution in [0.5, 0.6) is 0 Å². The predicted octanol–water partition coefficient (Wildman–Crippen LogP) is 4.45. The number of unbranched alkanes of at least 4 members (excludes halogenated alkanes) is 3. The van der Waals surface area contributed by atoms with E-state index in [1.165, 1.54) is 51.6 Å². The van der Waals surface area contributed by atoms with Gasteiger partial charge >= 0.3 is 0 Å².